The van der Waals surface area contributed by atoms with Crippen molar-refractivity contribution in [1.29, 1.82) is 0 Å². The number of quaternary nitrogens is 1. The number of hydrogen-bond donors (Lipinski definition) is 4. The summed E-state index contributed by atoms with van der Waals surface area (Å²) in [6.07, 6.45) is 5.63. The first-order chi connectivity index (χ1) is 16.4. The molecule has 1 saturated carbocycles. The number of amides is 1. The van der Waals surface area contributed by atoms with Crippen LogP contribution in [0.3, 0.4) is 0 Å². The topological polar surface area (TPSA) is 133 Å². The molecule has 0 bridgehead atoms. The highest BCUT2D eigenvalue weighted by atomic mass is 32.1. The van der Waals surface area contributed by atoms with Crippen LogP contribution >= 0.6 is 11.3 Å². The molecule has 1 aliphatic heterocycles. The van der Waals surface area contributed by atoms with E-state index in [0.29, 0.717) is 35.7 Å². The molecule has 1 saturated heterocycles. The van der Waals surface area contributed by atoms with E-state index in [-0.39, 0.29) is 22.7 Å². The first-order valence-electron chi connectivity index (χ1n) is 11.8. The lowest BCUT2D eigenvalue weighted by atomic mass is 9.93. The van der Waals surface area contributed by atoms with Crippen molar-refractivity contribution in [3.05, 3.63) is 30.1 Å². The van der Waals surface area contributed by atoms with Crippen LogP contribution in [0.25, 0.3) is 10.3 Å². The number of carbonyl (C=O) groups is 1. The smallest absolute Gasteiger partial charge is 0.435 e. The van der Waals surface area contributed by atoms with Gasteiger partial charge in [-0.15, -0.1) is 0 Å². The third-order valence-corrected chi connectivity index (χ3v) is 7.95. The number of pyridine rings is 1. The van der Waals surface area contributed by atoms with Crippen LogP contribution in [0.5, 0.6) is 0 Å². The Kier molecular flexibility index (Phi) is 6.32. The van der Waals surface area contributed by atoms with E-state index in [1.165, 1.54) is 11.3 Å². The number of aliphatic hydroxyl groups is 1. The normalized spacial score (nSPS) is 27.1. The highest BCUT2D eigenvalue weighted by molar-refractivity contribution is 7.21. The zero-order valence-electron chi connectivity index (χ0n) is 19.1. The van der Waals surface area contributed by atoms with Crippen LogP contribution in [-0.2, 0) is 6.54 Å². The fraction of sp³-hybridized carbons (Fsp3) is 0.522. The van der Waals surface area contributed by atoms with Crippen molar-refractivity contribution in [2.24, 2.45) is 0 Å². The van der Waals surface area contributed by atoms with Gasteiger partial charge in [0.05, 0.1) is 18.7 Å². The van der Waals surface area contributed by atoms with Gasteiger partial charge in [0.1, 0.15) is 28.4 Å². The van der Waals surface area contributed by atoms with E-state index in [9.17, 15) is 15.0 Å². The molecule has 5 rings (SSSR count). The lowest BCUT2D eigenvalue weighted by Gasteiger charge is -2.32. The molecule has 2 fully saturated rings. The zero-order valence-corrected chi connectivity index (χ0v) is 20.0. The van der Waals surface area contributed by atoms with Crippen LogP contribution in [0.1, 0.15) is 51.1 Å². The summed E-state index contributed by atoms with van der Waals surface area (Å²) in [6.45, 7) is 2.89. The fourth-order valence-electron chi connectivity index (χ4n) is 5.05. The summed E-state index contributed by atoms with van der Waals surface area (Å²) in [6, 6.07) is 5.78. The molecule has 0 radical (unpaired) electrons. The molecule has 0 aromatic carbocycles. The number of nitrogens with one attached hydrogen (secondary N) is 2. The minimum absolute atomic E-state index is 0.0173. The summed E-state index contributed by atoms with van der Waals surface area (Å²) >= 11 is 1.44. The Labute approximate surface area is 201 Å². The third kappa shape index (κ3) is 4.68. The van der Waals surface area contributed by atoms with Gasteiger partial charge in [-0.2, -0.15) is 9.78 Å². The molecule has 4 N–H and O–H groups in total. The van der Waals surface area contributed by atoms with E-state index in [0.717, 1.165) is 48.9 Å². The number of thiazole rings is 1. The molecular formula is C23H30N7O3S+. The molecular weight excluding hydrogens is 454 g/mol. The average molecular weight is 485 g/mol. The van der Waals surface area contributed by atoms with Crippen LogP contribution in [0, 0.1) is 0 Å². The van der Waals surface area contributed by atoms with Crippen molar-refractivity contribution in [3.8, 4) is 0 Å². The zero-order chi connectivity index (χ0) is 23.7. The molecule has 1 aliphatic carbocycles. The second-order valence-corrected chi connectivity index (χ2v) is 10.4. The Hall–Kier alpha value is -2.89. The van der Waals surface area contributed by atoms with Crippen LogP contribution < -0.4 is 10.6 Å². The largest absolute Gasteiger partial charge is 0.514 e. The molecule has 2 aliphatic rings. The highest BCUT2D eigenvalue weighted by Gasteiger charge is 2.46. The van der Waals surface area contributed by atoms with Crippen molar-refractivity contribution in [2.45, 2.75) is 70.2 Å². The standard InChI is InChI=1S/C23H29N7O3S/c1-14-4-3-11-30(14,23(32)33)13-16-12-19(29-22-27-18-5-2-10-24-20(18)34-22)28-21(26-16)25-15-6-8-17(31)9-7-15/h2,5,10,12,14-15,17,31H,3-4,6-9,11,13H2,1H3,(H2-,25,26,27,28,29,32,33)/p+1/t14-,15?,17?,30?/m1/s1. The Bertz CT molecular complexity index is 1150. The average Bonchev–Trinajstić information content (AvgIpc) is 3.38. The quantitative estimate of drug-likeness (QED) is 0.381. The van der Waals surface area contributed by atoms with Gasteiger partial charge in [0.25, 0.3) is 0 Å². The number of aromatic nitrogens is 4. The van der Waals surface area contributed by atoms with Crippen LogP contribution in [0.4, 0.5) is 21.7 Å². The first kappa shape index (κ1) is 22.9. The predicted octanol–water partition coefficient (Wildman–Crippen LogP) is 4.12. The molecule has 3 aromatic rings. The number of rotatable bonds is 6. The Balaban J connectivity index is 1.45. The lowest BCUT2D eigenvalue weighted by molar-refractivity contribution is -0.880. The summed E-state index contributed by atoms with van der Waals surface area (Å²) in [5.74, 6) is 1.04. The first-order valence-corrected chi connectivity index (χ1v) is 12.6. The number of nitrogens with zero attached hydrogens (tertiary/aromatic N) is 5. The number of anilines is 3. The third-order valence-electron chi connectivity index (χ3n) is 7.06. The van der Waals surface area contributed by atoms with Crippen LogP contribution in [0.15, 0.2) is 24.4 Å². The van der Waals surface area contributed by atoms with Gasteiger partial charge >= 0.3 is 6.09 Å². The number of carboxylic acid groups (broad SMARTS) is 1. The monoisotopic (exact) mass is 484 g/mol. The fourth-order valence-corrected chi connectivity index (χ4v) is 5.87. The predicted molar refractivity (Wildman–Crippen MR) is 130 cm³/mol. The van der Waals surface area contributed by atoms with E-state index in [2.05, 4.69) is 25.6 Å². The molecule has 1 amide bonds. The molecule has 10 nitrogen and oxygen atoms in total. The van der Waals surface area contributed by atoms with Crippen molar-refractivity contribution < 1.29 is 19.5 Å². The van der Waals surface area contributed by atoms with E-state index in [1.807, 2.05) is 25.1 Å². The molecule has 0 spiro atoms. The highest BCUT2D eigenvalue weighted by Crippen LogP contribution is 2.32. The summed E-state index contributed by atoms with van der Waals surface area (Å²) in [5, 5.41) is 27.3. The summed E-state index contributed by atoms with van der Waals surface area (Å²) in [4.78, 5) is 31.5. The maximum atomic E-state index is 12.3. The molecule has 3 aromatic heterocycles. The molecule has 2 atom stereocenters. The Morgan fingerprint density at radius 2 is 2.03 bits per heavy atom. The van der Waals surface area contributed by atoms with Crippen molar-refractivity contribution in [1.82, 2.24) is 19.9 Å². The van der Waals surface area contributed by atoms with Crippen molar-refractivity contribution in [3.63, 3.8) is 0 Å². The van der Waals surface area contributed by atoms with Gasteiger partial charge in [0.2, 0.25) is 5.95 Å². The second kappa shape index (κ2) is 9.40. The second-order valence-electron chi connectivity index (χ2n) is 9.38. The Morgan fingerprint density at radius 3 is 2.74 bits per heavy atom. The number of aliphatic hydroxyl groups excluding tert-OH is 1. The van der Waals surface area contributed by atoms with Crippen LogP contribution in [0.2, 0.25) is 0 Å². The maximum absolute atomic E-state index is 12.3. The van der Waals surface area contributed by atoms with E-state index in [4.69, 9.17) is 4.98 Å². The number of hydrogen-bond acceptors (Lipinski definition) is 9. The molecule has 180 valence electrons. The maximum Gasteiger partial charge on any atom is 0.514 e. The van der Waals surface area contributed by atoms with Gasteiger partial charge in [0, 0.05) is 31.1 Å². The summed E-state index contributed by atoms with van der Waals surface area (Å²) < 4.78 is -0.0173. The van der Waals surface area contributed by atoms with Crippen molar-refractivity contribution in [2.75, 3.05) is 17.2 Å². The lowest BCUT2D eigenvalue weighted by Crippen LogP contribution is -2.53. The minimum Gasteiger partial charge on any atom is -0.435 e. The Morgan fingerprint density at radius 1 is 1.21 bits per heavy atom. The number of likely N-dealkylation sites (tertiary alicyclic amines) is 1. The van der Waals surface area contributed by atoms with Gasteiger partial charge < -0.3 is 20.8 Å². The SMILES string of the molecule is C[C@@H]1CCC[N+]1(Cc1cc(Nc2nc3cccnc3s2)nc(NC2CCC(O)CC2)n1)C(=O)O. The van der Waals surface area contributed by atoms with E-state index < -0.39 is 6.09 Å². The van der Waals surface area contributed by atoms with Crippen molar-refractivity contribution >= 4 is 44.7 Å². The summed E-state index contributed by atoms with van der Waals surface area (Å²) in [7, 11) is 0. The number of fused-ring (bicyclic) bond motifs is 1. The van der Waals surface area contributed by atoms with E-state index in [1.54, 1.807) is 6.20 Å². The molecule has 1 unspecified atom stereocenters. The van der Waals surface area contributed by atoms with Gasteiger partial charge in [-0.05, 0) is 44.7 Å². The minimum atomic E-state index is -0.814. The van der Waals surface area contributed by atoms with E-state index >= 15 is 0 Å². The van der Waals surface area contributed by atoms with Gasteiger partial charge in [-0.3, -0.25) is 0 Å². The molecule has 11 heteroatoms. The summed E-state index contributed by atoms with van der Waals surface area (Å²) in [5.41, 5.74) is 1.48. The molecule has 34 heavy (non-hydrogen) atoms. The van der Waals surface area contributed by atoms with Crippen LogP contribution in [-0.4, -0.2) is 65.5 Å². The van der Waals surface area contributed by atoms with Gasteiger partial charge in [-0.1, -0.05) is 11.3 Å². The molecule has 4 heterocycles. The van der Waals surface area contributed by atoms with Gasteiger partial charge in [-0.25, -0.2) is 19.4 Å². The van der Waals surface area contributed by atoms with Gasteiger partial charge in [0.15, 0.2) is 5.13 Å².